The molecule has 0 N–H and O–H groups in total. The van der Waals surface area contributed by atoms with Crippen molar-refractivity contribution in [1.29, 1.82) is 0 Å². The number of rotatable bonds is 3. The van der Waals surface area contributed by atoms with Gasteiger partial charge in [-0.2, -0.15) is 0 Å². The van der Waals surface area contributed by atoms with E-state index in [4.69, 9.17) is 4.74 Å². The van der Waals surface area contributed by atoms with Gasteiger partial charge in [-0.3, -0.25) is 0 Å². The van der Waals surface area contributed by atoms with E-state index in [-0.39, 0.29) is 0 Å². The zero-order valence-electron chi connectivity index (χ0n) is 28.6. The van der Waals surface area contributed by atoms with Gasteiger partial charge in [0.25, 0.3) is 0 Å². The van der Waals surface area contributed by atoms with Gasteiger partial charge >= 0.3 is 0 Å². The average Bonchev–Trinajstić information content (AvgIpc) is 3.73. The van der Waals surface area contributed by atoms with Gasteiger partial charge in [-0.1, -0.05) is 127 Å². The maximum absolute atomic E-state index is 6.72. The van der Waals surface area contributed by atoms with Crippen molar-refractivity contribution in [1.82, 2.24) is 9.13 Å². The highest BCUT2D eigenvalue weighted by molar-refractivity contribution is 6.26. The van der Waals surface area contributed by atoms with Crippen LogP contribution in [0.25, 0.3) is 98.8 Å². The summed E-state index contributed by atoms with van der Waals surface area (Å²) in [6.07, 6.45) is 0. The minimum absolute atomic E-state index is 0.894. The van der Waals surface area contributed by atoms with Crippen LogP contribution in [0.4, 0.5) is 0 Å². The summed E-state index contributed by atoms with van der Waals surface area (Å²) in [4.78, 5) is 0. The Morgan fingerprint density at radius 2 is 1.04 bits per heavy atom. The van der Waals surface area contributed by atoms with Crippen LogP contribution in [-0.4, -0.2) is 9.13 Å². The second kappa shape index (κ2) is 10.7. The molecule has 0 aliphatic carbocycles. The molecule has 0 unspecified atom stereocenters. The molecular weight excluding hydrogens is 645 g/mol. The molecule has 0 bridgehead atoms. The maximum Gasteiger partial charge on any atom is 0.138 e. The second-order valence-corrected chi connectivity index (χ2v) is 14.1. The van der Waals surface area contributed by atoms with Gasteiger partial charge in [-0.05, 0) is 76.0 Å². The Bertz CT molecular complexity index is 3310. The minimum atomic E-state index is 0.894. The smallest absolute Gasteiger partial charge is 0.138 e. The molecule has 0 saturated heterocycles. The van der Waals surface area contributed by atoms with E-state index in [2.05, 4.69) is 185 Å². The van der Waals surface area contributed by atoms with Crippen LogP contribution < -0.4 is 4.74 Å². The zero-order valence-corrected chi connectivity index (χ0v) is 28.6. The number of nitrogens with zero attached hydrogens (tertiary/aromatic N) is 2. The predicted octanol–water partition coefficient (Wildman–Crippen LogP) is 13.6. The van der Waals surface area contributed by atoms with Crippen LogP contribution in [0.15, 0.2) is 182 Å². The Hall–Kier alpha value is -7.10. The Morgan fingerprint density at radius 1 is 0.340 bits per heavy atom. The van der Waals surface area contributed by atoms with Crippen molar-refractivity contribution in [3.63, 3.8) is 0 Å². The van der Waals surface area contributed by atoms with E-state index >= 15 is 0 Å². The Morgan fingerprint density at radius 3 is 1.98 bits per heavy atom. The van der Waals surface area contributed by atoms with E-state index in [1.165, 1.54) is 82.0 Å². The summed E-state index contributed by atoms with van der Waals surface area (Å²) in [5.74, 6) is 1.79. The van der Waals surface area contributed by atoms with E-state index < -0.39 is 0 Å². The molecule has 9 aromatic carbocycles. The lowest BCUT2D eigenvalue weighted by molar-refractivity contribution is 0.487. The quantitative estimate of drug-likeness (QED) is 0.183. The van der Waals surface area contributed by atoms with Crippen molar-refractivity contribution in [3.05, 3.63) is 182 Å². The predicted molar refractivity (Wildman–Crippen MR) is 221 cm³/mol. The number of ether oxygens (including phenoxy) is 1. The lowest BCUT2D eigenvalue weighted by Gasteiger charge is -2.22. The first-order valence-corrected chi connectivity index (χ1v) is 18.2. The molecule has 11 aromatic rings. The van der Waals surface area contributed by atoms with Crippen molar-refractivity contribution in [2.45, 2.75) is 0 Å². The molecule has 0 spiro atoms. The number of hydrogen-bond donors (Lipinski definition) is 0. The van der Waals surface area contributed by atoms with Crippen LogP contribution >= 0.6 is 0 Å². The van der Waals surface area contributed by atoms with Crippen LogP contribution in [0.3, 0.4) is 0 Å². The number of benzene rings is 9. The third-order valence-electron chi connectivity index (χ3n) is 11.3. The topological polar surface area (TPSA) is 19.1 Å². The van der Waals surface area contributed by atoms with E-state index in [0.717, 1.165) is 28.3 Å². The van der Waals surface area contributed by atoms with Crippen molar-refractivity contribution in [2.75, 3.05) is 0 Å². The molecule has 3 heterocycles. The molecule has 3 heteroatoms. The van der Waals surface area contributed by atoms with Gasteiger partial charge in [0.1, 0.15) is 11.5 Å². The van der Waals surface area contributed by atoms with Crippen molar-refractivity contribution < 1.29 is 4.74 Å². The summed E-state index contributed by atoms with van der Waals surface area (Å²) in [5.41, 5.74) is 11.7. The summed E-state index contributed by atoms with van der Waals surface area (Å²) in [6, 6.07) is 66.0. The normalized spacial score (nSPS) is 12.3. The molecule has 0 fully saturated rings. The van der Waals surface area contributed by atoms with Crippen molar-refractivity contribution in [2.24, 2.45) is 0 Å². The van der Waals surface area contributed by atoms with Crippen LogP contribution in [0.1, 0.15) is 0 Å². The fraction of sp³-hybridized carbons (Fsp3) is 0. The Kier molecular flexibility index (Phi) is 5.77. The fourth-order valence-electron chi connectivity index (χ4n) is 9.00. The van der Waals surface area contributed by atoms with Crippen LogP contribution in [0.2, 0.25) is 0 Å². The fourth-order valence-corrected chi connectivity index (χ4v) is 9.00. The van der Waals surface area contributed by atoms with Gasteiger partial charge in [0.05, 0.1) is 27.8 Å². The van der Waals surface area contributed by atoms with Gasteiger partial charge < -0.3 is 13.9 Å². The molecule has 1 aliphatic rings. The van der Waals surface area contributed by atoms with Crippen LogP contribution in [0.5, 0.6) is 11.5 Å². The minimum Gasteiger partial charge on any atom is -0.456 e. The first-order valence-electron chi connectivity index (χ1n) is 18.2. The maximum atomic E-state index is 6.72. The van der Waals surface area contributed by atoms with Crippen LogP contribution in [-0.2, 0) is 0 Å². The van der Waals surface area contributed by atoms with Gasteiger partial charge in [-0.15, -0.1) is 0 Å². The zero-order chi connectivity index (χ0) is 34.6. The molecule has 0 saturated carbocycles. The number of para-hydroxylation sites is 3. The molecule has 246 valence electrons. The molecule has 1 aliphatic heterocycles. The number of aromatic nitrogens is 2. The highest BCUT2D eigenvalue weighted by atomic mass is 16.5. The lowest BCUT2D eigenvalue weighted by atomic mass is 9.92. The van der Waals surface area contributed by atoms with E-state index in [9.17, 15) is 0 Å². The van der Waals surface area contributed by atoms with Gasteiger partial charge in [-0.25, -0.2) is 0 Å². The molecule has 0 atom stereocenters. The largest absolute Gasteiger partial charge is 0.456 e. The van der Waals surface area contributed by atoms with E-state index in [1.807, 2.05) is 6.07 Å². The summed E-state index contributed by atoms with van der Waals surface area (Å²) in [5, 5.41) is 9.76. The van der Waals surface area contributed by atoms with Crippen molar-refractivity contribution in [3.8, 4) is 45.1 Å². The van der Waals surface area contributed by atoms with Gasteiger partial charge in [0.15, 0.2) is 0 Å². The molecule has 0 radical (unpaired) electrons. The van der Waals surface area contributed by atoms with Crippen LogP contribution in [0, 0.1) is 0 Å². The molecule has 12 rings (SSSR count). The first kappa shape index (κ1) is 28.6. The van der Waals surface area contributed by atoms with Crippen molar-refractivity contribution >= 4 is 65.2 Å². The van der Waals surface area contributed by atoms with Gasteiger partial charge in [0.2, 0.25) is 0 Å². The number of fused-ring (bicyclic) bond motifs is 10. The molecule has 2 aromatic heterocycles. The highest BCUT2D eigenvalue weighted by Gasteiger charge is 2.25. The van der Waals surface area contributed by atoms with E-state index in [1.54, 1.807) is 0 Å². The van der Waals surface area contributed by atoms with E-state index in [0.29, 0.717) is 0 Å². The average molecular weight is 675 g/mol. The molecule has 53 heavy (non-hydrogen) atoms. The summed E-state index contributed by atoms with van der Waals surface area (Å²) < 4.78 is 11.6. The Balaban J connectivity index is 1.16. The highest BCUT2D eigenvalue weighted by Crippen LogP contribution is 2.51. The van der Waals surface area contributed by atoms with Gasteiger partial charge in [0, 0.05) is 49.6 Å². The first-order chi connectivity index (χ1) is 26.3. The summed E-state index contributed by atoms with van der Waals surface area (Å²) in [7, 11) is 0. The number of hydrogen-bond acceptors (Lipinski definition) is 1. The second-order valence-electron chi connectivity index (χ2n) is 14.1. The molecular formula is C50H30N2O. The lowest BCUT2D eigenvalue weighted by Crippen LogP contribution is -1.99. The SMILES string of the molecule is c1ccc(-n2c3ccccc3c3cc(-c4ccc5c6c7cccc8c7c(cc6n(-c6cccc7ccccc67)c5c4)Oc4ccccc4-8)ccc32)cc1. The third kappa shape index (κ3) is 3.99. The molecule has 3 nitrogen and oxygen atoms in total. The third-order valence-corrected chi connectivity index (χ3v) is 11.3. The molecule has 0 amide bonds. The Labute approximate surface area is 305 Å². The standard InChI is InChI=1S/C50H30N2O/c1-2-14-34(15-3-1)51-43-21-8-6-17-36(43)41-28-32(25-27-44(41)51)33-24-26-39-45(29-33)52(42-22-10-13-31-12-4-5-16-35(31)42)46-30-48-50-38(19-11-20-40(50)49(39)46)37-18-7-9-23-47(37)53-48/h1-30H. The monoisotopic (exact) mass is 674 g/mol. The summed E-state index contributed by atoms with van der Waals surface area (Å²) >= 11 is 0. The summed E-state index contributed by atoms with van der Waals surface area (Å²) in [6.45, 7) is 0.